The highest BCUT2D eigenvalue weighted by atomic mass is 32.1. The van der Waals surface area contributed by atoms with E-state index in [0.29, 0.717) is 17.9 Å². The highest BCUT2D eigenvalue weighted by Gasteiger charge is 2.22. The van der Waals surface area contributed by atoms with Gasteiger partial charge in [0.05, 0.1) is 6.04 Å². The summed E-state index contributed by atoms with van der Waals surface area (Å²) in [5, 5.41) is 7.16. The van der Waals surface area contributed by atoms with Gasteiger partial charge in [-0.25, -0.2) is 0 Å². The van der Waals surface area contributed by atoms with Gasteiger partial charge in [0.25, 0.3) is 0 Å². The molecule has 0 saturated heterocycles. The Morgan fingerprint density at radius 2 is 2.00 bits per heavy atom. The van der Waals surface area contributed by atoms with Gasteiger partial charge in [0.15, 0.2) is 5.11 Å². The first-order valence-electron chi connectivity index (χ1n) is 5.27. The van der Waals surface area contributed by atoms with Crippen molar-refractivity contribution >= 4 is 17.3 Å². The lowest BCUT2D eigenvalue weighted by Gasteiger charge is -2.31. The standard InChI is InChI=1S/C11H20N2S/c1-7(2)5-10-9(8(3)4)6-12-11(14)13-10/h6-8,10H,5H2,1-4H3,(H2,12,13,14). The molecule has 1 aliphatic heterocycles. The van der Waals surface area contributed by atoms with E-state index in [1.807, 2.05) is 0 Å². The molecule has 0 saturated carbocycles. The van der Waals surface area contributed by atoms with E-state index in [-0.39, 0.29) is 0 Å². The summed E-state index contributed by atoms with van der Waals surface area (Å²) in [4.78, 5) is 0. The molecule has 0 fully saturated rings. The molecule has 0 radical (unpaired) electrons. The van der Waals surface area contributed by atoms with Crippen molar-refractivity contribution in [2.24, 2.45) is 11.8 Å². The highest BCUT2D eigenvalue weighted by Crippen LogP contribution is 2.21. The molecule has 1 atom stereocenters. The van der Waals surface area contributed by atoms with Crippen molar-refractivity contribution in [1.82, 2.24) is 10.6 Å². The van der Waals surface area contributed by atoms with E-state index in [9.17, 15) is 0 Å². The van der Waals surface area contributed by atoms with Gasteiger partial charge in [0.2, 0.25) is 0 Å². The topological polar surface area (TPSA) is 24.1 Å². The molecule has 0 aromatic carbocycles. The lowest BCUT2D eigenvalue weighted by molar-refractivity contribution is 0.469. The Hall–Kier alpha value is -0.570. The second-order valence-corrected chi connectivity index (χ2v) is 5.01. The van der Waals surface area contributed by atoms with Gasteiger partial charge in [-0.2, -0.15) is 0 Å². The Balaban J connectivity index is 2.73. The third-order valence-corrected chi connectivity index (χ3v) is 2.69. The number of nitrogens with one attached hydrogen (secondary N) is 2. The number of hydrogen-bond acceptors (Lipinski definition) is 1. The third-order valence-electron chi connectivity index (χ3n) is 2.45. The summed E-state index contributed by atoms with van der Waals surface area (Å²) in [6, 6.07) is 0.420. The molecule has 1 aliphatic rings. The molecule has 0 aromatic heterocycles. The second-order valence-electron chi connectivity index (χ2n) is 4.60. The average molecular weight is 212 g/mol. The Labute approximate surface area is 92.2 Å². The predicted molar refractivity (Wildman–Crippen MR) is 65.0 cm³/mol. The monoisotopic (exact) mass is 212 g/mol. The molecule has 0 aliphatic carbocycles. The van der Waals surface area contributed by atoms with Crippen molar-refractivity contribution in [2.45, 2.75) is 40.2 Å². The zero-order valence-corrected chi connectivity index (χ0v) is 10.2. The van der Waals surface area contributed by atoms with Crippen molar-refractivity contribution < 1.29 is 0 Å². The van der Waals surface area contributed by atoms with E-state index < -0.39 is 0 Å². The van der Waals surface area contributed by atoms with Crippen LogP contribution >= 0.6 is 12.2 Å². The molecule has 0 bridgehead atoms. The Kier molecular flexibility index (Phi) is 3.93. The van der Waals surface area contributed by atoms with Gasteiger partial charge >= 0.3 is 0 Å². The number of hydrogen-bond donors (Lipinski definition) is 2. The first-order chi connectivity index (χ1) is 6.50. The minimum atomic E-state index is 0.420. The summed E-state index contributed by atoms with van der Waals surface area (Å²) in [6.45, 7) is 8.92. The molecule has 1 unspecified atom stereocenters. The summed E-state index contributed by atoms with van der Waals surface area (Å²) in [5.74, 6) is 1.26. The van der Waals surface area contributed by atoms with Crippen molar-refractivity contribution in [3.63, 3.8) is 0 Å². The minimum absolute atomic E-state index is 0.420. The lowest BCUT2D eigenvalue weighted by Crippen LogP contribution is -2.47. The first-order valence-corrected chi connectivity index (χ1v) is 5.68. The maximum absolute atomic E-state index is 5.11. The van der Waals surface area contributed by atoms with Crippen LogP contribution in [-0.4, -0.2) is 11.2 Å². The van der Waals surface area contributed by atoms with Crippen LogP contribution in [-0.2, 0) is 0 Å². The van der Waals surface area contributed by atoms with E-state index in [1.54, 1.807) is 0 Å². The molecular formula is C11H20N2S. The summed E-state index contributed by atoms with van der Waals surface area (Å²) < 4.78 is 0. The van der Waals surface area contributed by atoms with E-state index in [1.165, 1.54) is 5.57 Å². The normalized spacial score (nSPS) is 22.0. The fourth-order valence-corrected chi connectivity index (χ4v) is 1.97. The quantitative estimate of drug-likeness (QED) is 0.703. The van der Waals surface area contributed by atoms with E-state index in [2.05, 4.69) is 44.5 Å². The van der Waals surface area contributed by atoms with Crippen molar-refractivity contribution in [3.05, 3.63) is 11.8 Å². The highest BCUT2D eigenvalue weighted by molar-refractivity contribution is 7.80. The zero-order chi connectivity index (χ0) is 10.7. The lowest BCUT2D eigenvalue weighted by atomic mass is 9.90. The molecule has 1 rings (SSSR count). The molecule has 1 heterocycles. The SMILES string of the molecule is CC(C)CC1NC(=S)NC=C1C(C)C. The van der Waals surface area contributed by atoms with Crippen molar-refractivity contribution in [2.75, 3.05) is 0 Å². The third kappa shape index (κ3) is 2.98. The van der Waals surface area contributed by atoms with E-state index in [0.717, 1.165) is 11.5 Å². The smallest absolute Gasteiger partial charge is 0.170 e. The van der Waals surface area contributed by atoms with Crippen LogP contribution < -0.4 is 10.6 Å². The Morgan fingerprint density at radius 1 is 1.36 bits per heavy atom. The molecule has 0 amide bonds. The van der Waals surface area contributed by atoms with Gasteiger partial charge < -0.3 is 10.6 Å². The Morgan fingerprint density at radius 3 is 2.50 bits per heavy atom. The molecule has 80 valence electrons. The molecule has 14 heavy (non-hydrogen) atoms. The van der Waals surface area contributed by atoms with Gasteiger partial charge in [-0.1, -0.05) is 27.7 Å². The average Bonchev–Trinajstić information content (AvgIpc) is 2.01. The van der Waals surface area contributed by atoms with Crippen LogP contribution in [0.25, 0.3) is 0 Å². The van der Waals surface area contributed by atoms with Crippen LogP contribution in [0.4, 0.5) is 0 Å². The van der Waals surface area contributed by atoms with Crippen LogP contribution in [0.2, 0.25) is 0 Å². The zero-order valence-electron chi connectivity index (χ0n) is 9.42. The number of thiocarbonyl (C=S) groups is 1. The first kappa shape index (κ1) is 11.5. The van der Waals surface area contributed by atoms with Gasteiger partial charge in [0.1, 0.15) is 0 Å². The fourth-order valence-electron chi connectivity index (χ4n) is 1.77. The van der Waals surface area contributed by atoms with Crippen LogP contribution in [0.5, 0.6) is 0 Å². The fraction of sp³-hybridized carbons (Fsp3) is 0.727. The van der Waals surface area contributed by atoms with Crippen LogP contribution in [0, 0.1) is 11.8 Å². The van der Waals surface area contributed by atoms with Crippen LogP contribution in [0.1, 0.15) is 34.1 Å². The Bertz CT molecular complexity index is 244. The molecule has 2 nitrogen and oxygen atoms in total. The largest absolute Gasteiger partial charge is 0.356 e. The van der Waals surface area contributed by atoms with Gasteiger partial charge in [-0.15, -0.1) is 0 Å². The maximum atomic E-state index is 5.11. The number of rotatable bonds is 3. The molecular weight excluding hydrogens is 192 g/mol. The summed E-state index contributed by atoms with van der Waals surface area (Å²) in [5.41, 5.74) is 1.42. The van der Waals surface area contributed by atoms with Gasteiger partial charge in [-0.05, 0) is 36.0 Å². The van der Waals surface area contributed by atoms with Gasteiger partial charge in [0, 0.05) is 6.20 Å². The van der Waals surface area contributed by atoms with Crippen molar-refractivity contribution in [3.8, 4) is 0 Å². The second kappa shape index (κ2) is 4.78. The molecule has 0 spiro atoms. The van der Waals surface area contributed by atoms with Crippen LogP contribution in [0.15, 0.2) is 11.8 Å². The van der Waals surface area contributed by atoms with E-state index >= 15 is 0 Å². The molecule has 0 aromatic rings. The van der Waals surface area contributed by atoms with Crippen molar-refractivity contribution in [1.29, 1.82) is 0 Å². The van der Waals surface area contributed by atoms with Gasteiger partial charge in [-0.3, -0.25) is 0 Å². The minimum Gasteiger partial charge on any atom is -0.356 e. The molecule has 2 N–H and O–H groups in total. The summed E-state index contributed by atoms with van der Waals surface area (Å²) in [6.07, 6.45) is 3.21. The molecule has 3 heteroatoms. The maximum Gasteiger partial charge on any atom is 0.170 e. The van der Waals surface area contributed by atoms with E-state index in [4.69, 9.17) is 12.2 Å². The van der Waals surface area contributed by atoms with Crippen LogP contribution in [0.3, 0.4) is 0 Å². The predicted octanol–water partition coefficient (Wildman–Crippen LogP) is 2.42. The summed E-state index contributed by atoms with van der Waals surface area (Å²) >= 11 is 5.11. The summed E-state index contributed by atoms with van der Waals surface area (Å²) in [7, 11) is 0.